The van der Waals surface area contributed by atoms with Gasteiger partial charge in [-0.3, -0.25) is 14.6 Å². The van der Waals surface area contributed by atoms with E-state index in [0.717, 1.165) is 43.3 Å². The first-order valence-corrected chi connectivity index (χ1v) is 10.1. The number of carbonyl (C=O) groups is 1. The summed E-state index contributed by atoms with van der Waals surface area (Å²) in [6, 6.07) is 13.2. The maximum atomic E-state index is 12.1. The zero-order valence-electron chi connectivity index (χ0n) is 15.2. The van der Waals surface area contributed by atoms with Crippen molar-refractivity contribution in [1.82, 2.24) is 15.2 Å². The Morgan fingerprint density at radius 1 is 0.964 bits per heavy atom. The lowest BCUT2D eigenvalue weighted by Gasteiger charge is -2.34. The lowest BCUT2D eigenvalue weighted by molar-refractivity contribution is -0.122. The Morgan fingerprint density at radius 3 is 2.39 bits per heavy atom. The number of benzene rings is 2. The molecule has 1 aliphatic heterocycles. The van der Waals surface area contributed by atoms with Gasteiger partial charge >= 0.3 is 0 Å². The number of carbonyl (C=O) groups excluding carboxylic acids is 1. The minimum atomic E-state index is -0.158. The van der Waals surface area contributed by atoms with Gasteiger partial charge in [0.05, 0.1) is 22.8 Å². The minimum absolute atomic E-state index is 0.158. The molecule has 28 heavy (non-hydrogen) atoms. The van der Waals surface area contributed by atoms with E-state index in [1.54, 1.807) is 18.2 Å². The summed E-state index contributed by atoms with van der Waals surface area (Å²) >= 11 is 18.3. The molecule has 2 aromatic rings. The van der Waals surface area contributed by atoms with Crippen molar-refractivity contribution >= 4 is 46.9 Å². The Kier molecular flexibility index (Phi) is 7.71. The predicted molar refractivity (Wildman–Crippen MR) is 115 cm³/mol. The molecule has 1 heterocycles. The molecule has 1 amide bonds. The van der Waals surface area contributed by atoms with Crippen LogP contribution in [0.1, 0.15) is 11.1 Å². The van der Waals surface area contributed by atoms with Gasteiger partial charge in [0.25, 0.3) is 5.91 Å². The topological polar surface area (TPSA) is 47.9 Å². The van der Waals surface area contributed by atoms with Gasteiger partial charge in [0, 0.05) is 43.3 Å². The molecule has 3 rings (SSSR count). The monoisotopic (exact) mass is 438 g/mol. The van der Waals surface area contributed by atoms with Crippen molar-refractivity contribution in [3.05, 3.63) is 68.7 Å². The van der Waals surface area contributed by atoms with Crippen molar-refractivity contribution in [3.8, 4) is 0 Å². The first kappa shape index (κ1) is 21.1. The smallest absolute Gasteiger partial charge is 0.254 e. The molecule has 0 spiro atoms. The maximum Gasteiger partial charge on any atom is 0.254 e. The molecule has 0 saturated carbocycles. The minimum Gasteiger partial charge on any atom is -0.296 e. The Labute approximate surface area is 179 Å². The number of hydrazone groups is 1. The van der Waals surface area contributed by atoms with Crippen molar-refractivity contribution in [3.63, 3.8) is 0 Å². The molecule has 0 unspecified atom stereocenters. The quantitative estimate of drug-likeness (QED) is 0.548. The van der Waals surface area contributed by atoms with Gasteiger partial charge in [-0.05, 0) is 17.7 Å². The highest BCUT2D eigenvalue weighted by molar-refractivity contribution is 6.43. The molecule has 1 aliphatic rings. The highest BCUT2D eigenvalue weighted by Crippen LogP contribution is 2.24. The van der Waals surface area contributed by atoms with E-state index in [1.165, 1.54) is 6.21 Å². The molecule has 0 atom stereocenters. The van der Waals surface area contributed by atoms with Crippen LogP contribution in [0.3, 0.4) is 0 Å². The van der Waals surface area contributed by atoms with Gasteiger partial charge in [-0.1, -0.05) is 65.1 Å². The van der Waals surface area contributed by atoms with E-state index >= 15 is 0 Å². The number of nitrogens with zero attached hydrogens (tertiary/aromatic N) is 3. The molecular weight excluding hydrogens is 419 g/mol. The van der Waals surface area contributed by atoms with E-state index in [1.807, 2.05) is 24.3 Å². The van der Waals surface area contributed by atoms with Crippen molar-refractivity contribution in [2.75, 3.05) is 32.7 Å². The fraction of sp³-hybridized carbons (Fsp3) is 0.300. The third kappa shape index (κ3) is 5.93. The van der Waals surface area contributed by atoms with Gasteiger partial charge in [0.15, 0.2) is 0 Å². The first-order chi connectivity index (χ1) is 13.5. The van der Waals surface area contributed by atoms with Gasteiger partial charge in [-0.2, -0.15) is 5.10 Å². The summed E-state index contributed by atoms with van der Waals surface area (Å²) in [6.07, 6.45) is 1.49. The summed E-state index contributed by atoms with van der Waals surface area (Å²) < 4.78 is 0. The Morgan fingerprint density at radius 2 is 1.64 bits per heavy atom. The summed E-state index contributed by atoms with van der Waals surface area (Å²) in [5.41, 5.74) is 4.32. The first-order valence-electron chi connectivity index (χ1n) is 8.97. The van der Waals surface area contributed by atoms with Crippen molar-refractivity contribution in [2.45, 2.75) is 6.54 Å². The van der Waals surface area contributed by atoms with Gasteiger partial charge in [-0.15, -0.1) is 0 Å². The van der Waals surface area contributed by atoms with Gasteiger partial charge in [0.2, 0.25) is 0 Å². The molecule has 0 aromatic heterocycles. The van der Waals surface area contributed by atoms with Crippen LogP contribution in [-0.4, -0.2) is 54.6 Å². The number of amides is 1. The second-order valence-corrected chi connectivity index (χ2v) is 7.77. The normalized spacial score (nSPS) is 15.8. The average molecular weight is 440 g/mol. The van der Waals surface area contributed by atoms with Crippen LogP contribution < -0.4 is 5.43 Å². The average Bonchev–Trinajstić information content (AvgIpc) is 2.68. The van der Waals surface area contributed by atoms with E-state index in [0.29, 0.717) is 22.2 Å². The molecule has 8 heteroatoms. The number of piperazine rings is 1. The standard InChI is InChI=1S/C20H21Cl3N4O/c21-17-6-2-1-4-16(17)13-26-8-10-27(11-9-26)14-19(28)25-24-12-15-5-3-7-18(22)20(15)23/h1-7,12H,8-11,13-14H2,(H,25,28). The summed E-state index contributed by atoms with van der Waals surface area (Å²) in [5, 5.41) is 5.63. The summed E-state index contributed by atoms with van der Waals surface area (Å²) in [5.74, 6) is -0.158. The van der Waals surface area contributed by atoms with Gasteiger partial charge in [0.1, 0.15) is 0 Å². The fourth-order valence-electron chi connectivity index (χ4n) is 3.01. The molecule has 0 radical (unpaired) electrons. The largest absolute Gasteiger partial charge is 0.296 e. The van der Waals surface area contributed by atoms with E-state index in [2.05, 4.69) is 20.3 Å². The molecule has 0 aliphatic carbocycles. The van der Waals surface area contributed by atoms with Gasteiger partial charge in [-0.25, -0.2) is 5.43 Å². The van der Waals surface area contributed by atoms with E-state index in [4.69, 9.17) is 34.8 Å². The summed E-state index contributed by atoms with van der Waals surface area (Å²) in [4.78, 5) is 16.6. The zero-order valence-corrected chi connectivity index (χ0v) is 17.5. The third-order valence-corrected chi connectivity index (χ3v) is 5.76. The van der Waals surface area contributed by atoms with Crippen LogP contribution in [0.4, 0.5) is 0 Å². The molecule has 2 aromatic carbocycles. The fourth-order valence-corrected chi connectivity index (χ4v) is 3.56. The lowest BCUT2D eigenvalue weighted by atomic mass is 10.2. The number of hydrogen-bond donors (Lipinski definition) is 1. The van der Waals surface area contributed by atoms with Gasteiger partial charge < -0.3 is 0 Å². The number of hydrogen-bond acceptors (Lipinski definition) is 4. The van der Waals surface area contributed by atoms with Crippen LogP contribution in [-0.2, 0) is 11.3 Å². The Hall–Kier alpha value is -1.63. The number of rotatable bonds is 6. The highest BCUT2D eigenvalue weighted by Gasteiger charge is 2.19. The van der Waals surface area contributed by atoms with Crippen molar-refractivity contribution in [2.24, 2.45) is 5.10 Å². The van der Waals surface area contributed by atoms with Crippen LogP contribution in [0.15, 0.2) is 47.6 Å². The molecule has 148 valence electrons. The van der Waals surface area contributed by atoms with Crippen LogP contribution in [0.25, 0.3) is 0 Å². The molecule has 0 bridgehead atoms. The SMILES string of the molecule is O=C(CN1CCN(Cc2ccccc2Cl)CC1)NN=Cc1cccc(Cl)c1Cl. The molecule has 5 nitrogen and oxygen atoms in total. The van der Waals surface area contributed by atoms with Crippen LogP contribution in [0.2, 0.25) is 15.1 Å². The van der Waals surface area contributed by atoms with Crippen molar-refractivity contribution in [1.29, 1.82) is 0 Å². The second-order valence-electron chi connectivity index (χ2n) is 6.58. The Bertz CT molecular complexity index is 851. The summed E-state index contributed by atoms with van der Waals surface area (Å²) in [7, 11) is 0. The van der Waals surface area contributed by atoms with Crippen LogP contribution in [0, 0.1) is 0 Å². The van der Waals surface area contributed by atoms with Crippen LogP contribution in [0.5, 0.6) is 0 Å². The molecule has 1 saturated heterocycles. The molecule has 1 fully saturated rings. The van der Waals surface area contributed by atoms with Crippen LogP contribution >= 0.6 is 34.8 Å². The third-order valence-electron chi connectivity index (χ3n) is 4.56. The number of nitrogens with one attached hydrogen (secondary N) is 1. The highest BCUT2D eigenvalue weighted by atomic mass is 35.5. The zero-order chi connectivity index (χ0) is 19.9. The van der Waals surface area contributed by atoms with E-state index < -0.39 is 0 Å². The van der Waals surface area contributed by atoms with E-state index in [-0.39, 0.29) is 5.91 Å². The number of halogens is 3. The maximum absolute atomic E-state index is 12.1. The lowest BCUT2D eigenvalue weighted by Crippen LogP contribution is -2.48. The molecular formula is C20H21Cl3N4O. The predicted octanol–water partition coefficient (Wildman–Crippen LogP) is 3.91. The Balaban J connectivity index is 1.42. The summed E-state index contributed by atoms with van der Waals surface area (Å²) in [6.45, 7) is 4.55. The van der Waals surface area contributed by atoms with Crippen molar-refractivity contribution < 1.29 is 4.79 Å². The van der Waals surface area contributed by atoms with E-state index in [9.17, 15) is 4.79 Å². The second kappa shape index (κ2) is 10.2. The molecule has 1 N–H and O–H groups in total.